The highest BCUT2D eigenvalue weighted by atomic mass is 32.1. The van der Waals surface area contributed by atoms with Gasteiger partial charge in [-0.3, -0.25) is 0 Å². The topological polar surface area (TPSA) is 53.7 Å². The SMILES string of the molecule is COCC(C)Cn1c(=S)[nH]c2c(C#N)cccc21. The zero-order valence-corrected chi connectivity index (χ0v) is 11.3. The molecule has 1 aromatic carbocycles. The molecule has 0 spiro atoms. The van der Waals surface area contributed by atoms with Crippen molar-refractivity contribution in [2.24, 2.45) is 5.92 Å². The van der Waals surface area contributed by atoms with Gasteiger partial charge in [0.1, 0.15) is 6.07 Å². The third kappa shape index (κ3) is 2.30. The Kier molecular flexibility index (Phi) is 3.80. The average molecular weight is 261 g/mol. The molecule has 0 saturated carbocycles. The van der Waals surface area contributed by atoms with Crippen LogP contribution in [0.1, 0.15) is 12.5 Å². The Bertz CT molecular complexity index is 650. The lowest BCUT2D eigenvalue weighted by atomic mass is 10.2. The summed E-state index contributed by atoms with van der Waals surface area (Å²) >= 11 is 5.32. The van der Waals surface area contributed by atoms with Gasteiger partial charge in [0.2, 0.25) is 0 Å². The van der Waals surface area contributed by atoms with Crippen molar-refractivity contribution in [1.29, 1.82) is 5.26 Å². The molecule has 1 atom stereocenters. The van der Waals surface area contributed by atoms with Crippen LogP contribution in [0.15, 0.2) is 18.2 Å². The lowest BCUT2D eigenvalue weighted by molar-refractivity contribution is 0.152. The van der Waals surface area contributed by atoms with Crippen LogP contribution in [0.3, 0.4) is 0 Å². The minimum absolute atomic E-state index is 0.367. The van der Waals surface area contributed by atoms with Crippen molar-refractivity contribution in [1.82, 2.24) is 9.55 Å². The molecule has 4 nitrogen and oxygen atoms in total. The number of aromatic nitrogens is 2. The van der Waals surface area contributed by atoms with Gasteiger partial charge >= 0.3 is 0 Å². The molecule has 0 fully saturated rings. The van der Waals surface area contributed by atoms with Crippen LogP contribution in [0, 0.1) is 22.0 Å². The minimum Gasteiger partial charge on any atom is -0.384 e. The van der Waals surface area contributed by atoms with Crippen molar-refractivity contribution >= 4 is 23.3 Å². The molecular formula is C13H15N3OS. The molecule has 94 valence electrons. The van der Waals surface area contributed by atoms with E-state index < -0.39 is 0 Å². The highest BCUT2D eigenvalue weighted by Gasteiger charge is 2.10. The largest absolute Gasteiger partial charge is 0.384 e. The summed E-state index contributed by atoms with van der Waals surface area (Å²) in [4.78, 5) is 3.11. The van der Waals surface area contributed by atoms with Crippen molar-refractivity contribution < 1.29 is 4.74 Å². The van der Waals surface area contributed by atoms with Gasteiger partial charge in [-0.1, -0.05) is 13.0 Å². The summed E-state index contributed by atoms with van der Waals surface area (Å²) in [5.41, 5.74) is 2.41. The molecule has 0 amide bonds. The van der Waals surface area contributed by atoms with E-state index in [1.807, 2.05) is 16.7 Å². The highest BCUT2D eigenvalue weighted by Crippen LogP contribution is 2.19. The molecule has 5 heteroatoms. The molecule has 1 unspecified atom stereocenters. The van der Waals surface area contributed by atoms with E-state index in [0.717, 1.165) is 17.6 Å². The number of hydrogen-bond donors (Lipinski definition) is 1. The number of rotatable bonds is 4. The van der Waals surface area contributed by atoms with Crippen LogP contribution in [0.2, 0.25) is 0 Å². The first kappa shape index (κ1) is 12.8. The number of H-pyrrole nitrogens is 1. The third-order valence-corrected chi connectivity index (χ3v) is 3.20. The summed E-state index contributed by atoms with van der Waals surface area (Å²) in [6, 6.07) is 7.81. The van der Waals surface area contributed by atoms with E-state index in [2.05, 4.69) is 18.0 Å². The Morgan fingerprint density at radius 2 is 2.33 bits per heavy atom. The first-order chi connectivity index (χ1) is 8.67. The van der Waals surface area contributed by atoms with Crippen LogP contribution in [-0.4, -0.2) is 23.3 Å². The summed E-state index contributed by atoms with van der Waals surface area (Å²) in [6.45, 7) is 3.58. The molecule has 1 aromatic heterocycles. The van der Waals surface area contributed by atoms with E-state index >= 15 is 0 Å². The number of ether oxygens (including phenoxy) is 1. The molecule has 0 radical (unpaired) electrons. The number of fused-ring (bicyclic) bond motifs is 1. The van der Waals surface area contributed by atoms with E-state index in [-0.39, 0.29) is 0 Å². The average Bonchev–Trinajstić information content (AvgIpc) is 2.66. The zero-order chi connectivity index (χ0) is 13.1. The van der Waals surface area contributed by atoms with Gasteiger partial charge in [-0.2, -0.15) is 5.26 Å². The number of para-hydroxylation sites is 1. The molecule has 0 aliphatic heterocycles. The van der Waals surface area contributed by atoms with Gasteiger partial charge in [-0.25, -0.2) is 0 Å². The number of benzene rings is 1. The van der Waals surface area contributed by atoms with E-state index in [9.17, 15) is 0 Å². The maximum atomic E-state index is 9.07. The normalized spacial score (nSPS) is 12.5. The molecule has 18 heavy (non-hydrogen) atoms. The Morgan fingerprint density at radius 3 is 3.00 bits per heavy atom. The molecule has 1 heterocycles. The number of aromatic amines is 1. The van der Waals surface area contributed by atoms with Crippen molar-refractivity contribution in [3.8, 4) is 6.07 Å². The van der Waals surface area contributed by atoms with E-state index in [1.165, 1.54) is 0 Å². The fourth-order valence-corrected chi connectivity index (χ4v) is 2.38. The second-order valence-electron chi connectivity index (χ2n) is 4.41. The Morgan fingerprint density at radius 1 is 1.56 bits per heavy atom. The van der Waals surface area contributed by atoms with Crippen LogP contribution in [-0.2, 0) is 11.3 Å². The molecule has 0 aliphatic rings. The van der Waals surface area contributed by atoms with E-state index in [0.29, 0.717) is 22.9 Å². The molecule has 0 aliphatic carbocycles. The van der Waals surface area contributed by atoms with Crippen LogP contribution in [0.5, 0.6) is 0 Å². The number of methoxy groups -OCH3 is 1. The first-order valence-electron chi connectivity index (χ1n) is 5.78. The van der Waals surface area contributed by atoms with Gasteiger partial charge in [0.15, 0.2) is 4.77 Å². The summed E-state index contributed by atoms with van der Waals surface area (Å²) in [6.07, 6.45) is 0. The molecule has 2 rings (SSSR count). The number of imidazole rings is 1. The van der Waals surface area contributed by atoms with Gasteiger partial charge in [0, 0.05) is 13.7 Å². The van der Waals surface area contributed by atoms with Crippen LogP contribution >= 0.6 is 12.2 Å². The number of hydrogen-bond acceptors (Lipinski definition) is 3. The predicted octanol–water partition coefficient (Wildman–Crippen LogP) is 2.85. The Balaban J connectivity index is 2.49. The lowest BCUT2D eigenvalue weighted by Crippen LogP contribution is -2.12. The predicted molar refractivity (Wildman–Crippen MR) is 72.9 cm³/mol. The van der Waals surface area contributed by atoms with Gasteiger partial charge in [0.25, 0.3) is 0 Å². The molecule has 0 bridgehead atoms. The second kappa shape index (κ2) is 5.34. The van der Waals surface area contributed by atoms with Crippen LogP contribution in [0.25, 0.3) is 11.0 Å². The van der Waals surface area contributed by atoms with Crippen molar-refractivity contribution in [3.63, 3.8) is 0 Å². The van der Waals surface area contributed by atoms with Crippen molar-refractivity contribution in [3.05, 3.63) is 28.5 Å². The summed E-state index contributed by atoms with van der Waals surface area (Å²) in [5.74, 6) is 0.367. The fourth-order valence-electron chi connectivity index (χ4n) is 2.10. The number of nitrogens with zero attached hydrogens (tertiary/aromatic N) is 2. The standard InChI is InChI=1S/C13H15N3OS/c1-9(8-17-2)7-16-11-5-3-4-10(6-14)12(11)15-13(16)18/h3-5,9H,7-8H2,1-2H3,(H,15,18). The van der Waals surface area contributed by atoms with Crippen molar-refractivity contribution in [2.75, 3.05) is 13.7 Å². The smallest absolute Gasteiger partial charge is 0.178 e. The monoisotopic (exact) mass is 261 g/mol. The van der Waals surface area contributed by atoms with E-state index in [1.54, 1.807) is 13.2 Å². The summed E-state index contributed by atoms with van der Waals surface area (Å²) in [7, 11) is 1.69. The molecule has 2 aromatic rings. The fraction of sp³-hybridized carbons (Fsp3) is 0.385. The summed E-state index contributed by atoms with van der Waals surface area (Å²) in [5, 5.41) is 9.07. The van der Waals surface area contributed by atoms with Gasteiger partial charge in [-0.15, -0.1) is 0 Å². The first-order valence-corrected chi connectivity index (χ1v) is 6.18. The maximum Gasteiger partial charge on any atom is 0.178 e. The van der Waals surface area contributed by atoms with E-state index in [4.69, 9.17) is 22.2 Å². The van der Waals surface area contributed by atoms with Crippen molar-refractivity contribution in [2.45, 2.75) is 13.5 Å². The lowest BCUT2D eigenvalue weighted by Gasteiger charge is -2.11. The molecule has 1 N–H and O–H groups in total. The van der Waals surface area contributed by atoms with Crippen LogP contribution in [0.4, 0.5) is 0 Å². The quantitative estimate of drug-likeness (QED) is 0.861. The number of nitriles is 1. The third-order valence-electron chi connectivity index (χ3n) is 2.88. The number of nitrogens with one attached hydrogen (secondary N) is 1. The maximum absolute atomic E-state index is 9.07. The Labute approximate surface area is 111 Å². The molecule has 0 saturated heterocycles. The Hall–Kier alpha value is -1.64. The second-order valence-corrected chi connectivity index (χ2v) is 4.80. The summed E-state index contributed by atoms with van der Waals surface area (Å²) < 4.78 is 7.81. The highest BCUT2D eigenvalue weighted by molar-refractivity contribution is 7.71. The minimum atomic E-state index is 0.367. The van der Waals surface area contributed by atoms with Gasteiger partial charge in [0.05, 0.1) is 23.2 Å². The molecular weight excluding hydrogens is 246 g/mol. The van der Waals surface area contributed by atoms with Gasteiger partial charge in [-0.05, 0) is 30.3 Å². The van der Waals surface area contributed by atoms with Crippen LogP contribution < -0.4 is 0 Å². The van der Waals surface area contributed by atoms with Gasteiger partial charge < -0.3 is 14.3 Å². The zero-order valence-electron chi connectivity index (χ0n) is 10.4.